The van der Waals surface area contributed by atoms with Crippen LogP contribution < -0.4 is 16.0 Å². The van der Waals surface area contributed by atoms with Crippen LogP contribution in [0.25, 0.3) is 0 Å². The normalized spacial score (nSPS) is 14.8. The van der Waals surface area contributed by atoms with Crippen LogP contribution in [0.4, 0.5) is 23.0 Å². The summed E-state index contributed by atoms with van der Waals surface area (Å²) in [6.07, 6.45) is 1.56. The molecule has 4 rings (SSSR count). The number of aromatic nitrogens is 2. The van der Waals surface area contributed by atoms with Gasteiger partial charge in [0.2, 0.25) is 0 Å². The molecule has 1 aliphatic rings. The van der Waals surface area contributed by atoms with Crippen LogP contribution in [0.3, 0.4) is 0 Å². The number of halogens is 1. The molecule has 0 aliphatic carbocycles. The van der Waals surface area contributed by atoms with E-state index in [1.54, 1.807) is 6.33 Å². The summed E-state index contributed by atoms with van der Waals surface area (Å²) in [5.74, 6) is 1.39. The van der Waals surface area contributed by atoms with Gasteiger partial charge in [-0.25, -0.2) is 9.97 Å². The molecular weight excluding hydrogens is 372 g/mol. The second-order valence-electron chi connectivity index (χ2n) is 6.84. The molecule has 1 saturated heterocycles. The third-order valence-corrected chi connectivity index (χ3v) is 5.14. The summed E-state index contributed by atoms with van der Waals surface area (Å²) < 4.78 is 0. The zero-order valence-electron chi connectivity index (χ0n) is 15.6. The molecule has 0 amide bonds. The van der Waals surface area contributed by atoms with Crippen LogP contribution in [0.5, 0.6) is 0 Å². The average Bonchev–Trinajstić information content (AvgIpc) is 2.73. The molecule has 0 saturated carbocycles. The van der Waals surface area contributed by atoms with Crippen molar-refractivity contribution in [3.05, 3.63) is 71.5 Å². The first kappa shape index (κ1) is 18.5. The molecule has 1 fully saturated rings. The van der Waals surface area contributed by atoms with E-state index in [-0.39, 0.29) is 0 Å². The maximum atomic E-state index is 6.38. The first-order valence-electron chi connectivity index (χ1n) is 9.33. The fourth-order valence-corrected chi connectivity index (χ4v) is 3.49. The SMILES string of the molecule is Nc1c(Nc2ccc(Cl)cc2)ncnc1N1CCN(Cc2ccccc2)CC1. The Morgan fingerprint density at radius 1 is 0.929 bits per heavy atom. The summed E-state index contributed by atoms with van der Waals surface area (Å²) in [7, 11) is 0. The predicted molar refractivity (Wildman–Crippen MR) is 115 cm³/mol. The largest absolute Gasteiger partial charge is 0.393 e. The molecule has 0 atom stereocenters. The number of nitrogens with two attached hydrogens (primary N) is 1. The lowest BCUT2D eigenvalue weighted by Crippen LogP contribution is -2.46. The van der Waals surface area contributed by atoms with E-state index in [9.17, 15) is 0 Å². The third-order valence-electron chi connectivity index (χ3n) is 4.89. The number of nitrogens with zero attached hydrogens (tertiary/aromatic N) is 4. The molecule has 1 aliphatic heterocycles. The minimum atomic E-state index is 0.564. The highest BCUT2D eigenvalue weighted by molar-refractivity contribution is 6.30. The van der Waals surface area contributed by atoms with Crippen LogP contribution in [0.2, 0.25) is 5.02 Å². The van der Waals surface area contributed by atoms with E-state index in [4.69, 9.17) is 17.3 Å². The molecule has 1 aromatic heterocycles. The van der Waals surface area contributed by atoms with E-state index in [1.807, 2.05) is 24.3 Å². The quantitative estimate of drug-likeness (QED) is 0.686. The zero-order chi connectivity index (χ0) is 19.3. The maximum Gasteiger partial charge on any atom is 0.159 e. The Balaban J connectivity index is 1.41. The standard InChI is InChI=1S/C21H23ClN6/c22-17-6-8-18(9-7-17)26-20-19(23)21(25-15-24-20)28-12-10-27(11-13-28)14-16-4-2-1-3-5-16/h1-9,15H,10-14,23H2,(H,24,25,26). The molecule has 0 bridgehead atoms. The van der Waals surface area contributed by atoms with Crippen molar-refractivity contribution >= 4 is 34.6 Å². The minimum absolute atomic E-state index is 0.564. The van der Waals surface area contributed by atoms with E-state index >= 15 is 0 Å². The third kappa shape index (κ3) is 4.35. The lowest BCUT2D eigenvalue weighted by molar-refractivity contribution is 0.249. The topological polar surface area (TPSA) is 70.3 Å². The lowest BCUT2D eigenvalue weighted by atomic mass is 10.2. The monoisotopic (exact) mass is 394 g/mol. The number of piperazine rings is 1. The number of rotatable bonds is 5. The van der Waals surface area contributed by atoms with Crippen LogP contribution in [0.1, 0.15) is 5.56 Å². The Bertz CT molecular complexity index is 908. The highest BCUT2D eigenvalue weighted by Crippen LogP contribution is 2.29. The van der Waals surface area contributed by atoms with Gasteiger partial charge in [-0.3, -0.25) is 4.90 Å². The van der Waals surface area contributed by atoms with Crippen molar-refractivity contribution in [1.82, 2.24) is 14.9 Å². The van der Waals surface area contributed by atoms with Crippen molar-refractivity contribution < 1.29 is 0 Å². The number of hydrogen-bond acceptors (Lipinski definition) is 6. The van der Waals surface area contributed by atoms with Gasteiger partial charge >= 0.3 is 0 Å². The summed E-state index contributed by atoms with van der Waals surface area (Å²) in [4.78, 5) is 13.4. The number of hydrogen-bond donors (Lipinski definition) is 2. The van der Waals surface area contributed by atoms with Gasteiger partial charge in [0.1, 0.15) is 12.0 Å². The van der Waals surface area contributed by atoms with Gasteiger partial charge < -0.3 is 16.0 Å². The number of nitrogens with one attached hydrogen (secondary N) is 1. The number of anilines is 4. The number of nitrogen functional groups attached to an aromatic ring is 1. The highest BCUT2D eigenvalue weighted by Gasteiger charge is 2.21. The first-order chi connectivity index (χ1) is 13.7. The second-order valence-corrected chi connectivity index (χ2v) is 7.28. The van der Waals surface area contributed by atoms with Crippen LogP contribution in [-0.2, 0) is 6.54 Å². The van der Waals surface area contributed by atoms with E-state index in [0.29, 0.717) is 16.5 Å². The summed E-state index contributed by atoms with van der Waals surface area (Å²) >= 11 is 5.95. The van der Waals surface area contributed by atoms with Crippen molar-refractivity contribution in [2.24, 2.45) is 0 Å². The first-order valence-corrected chi connectivity index (χ1v) is 9.71. The maximum absolute atomic E-state index is 6.38. The summed E-state index contributed by atoms with van der Waals surface area (Å²) in [6, 6.07) is 18.0. The van der Waals surface area contributed by atoms with Gasteiger partial charge in [0.05, 0.1) is 0 Å². The van der Waals surface area contributed by atoms with Gasteiger partial charge in [-0.1, -0.05) is 41.9 Å². The Labute approximate surface area is 170 Å². The van der Waals surface area contributed by atoms with Crippen molar-refractivity contribution in [3.8, 4) is 0 Å². The second kappa shape index (κ2) is 8.46. The molecule has 0 unspecified atom stereocenters. The fourth-order valence-electron chi connectivity index (χ4n) is 3.37. The summed E-state index contributed by atoms with van der Waals surface area (Å²) in [5, 5.41) is 3.94. The van der Waals surface area contributed by atoms with E-state index in [1.165, 1.54) is 5.56 Å². The van der Waals surface area contributed by atoms with Gasteiger partial charge in [-0.15, -0.1) is 0 Å². The van der Waals surface area contributed by atoms with Gasteiger partial charge in [0.25, 0.3) is 0 Å². The zero-order valence-corrected chi connectivity index (χ0v) is 16.3. The van der Waals surface area contributed by atoms with Crippen molar-refractivity contribution in [2.45, 2.75) is 6.54 Å². The van der Waals surface area contributed by atoms with Gasteiger partial charge in [0.15, 0.2) is 11.6 Å². The smallest absolute Gasteiger partial charge is 0.159 e. The average molecular weight is 395 g/mol. The summed E-state index contributed by atoms with van der Waals surface area (Å²) in [6.45, 7) is 4.68. The van der Waals surface area contributed by atoms with E-state index in [0.717, 1.165) is 44.2 Å². The van der Waals surface area contributed by atoms with Crippen LogP contribution >= 0.6 is 11.6 Å². The molecule has 2 heterocycles. The van der Waals surface area contributed by atoms with E-state index in [2.05, 4.69) is 55.4 Å². The van der Waals surface area contributed by atoms with Crippen LogP contribution in [-0.4, -0.2) is 41.0 Å². The Kier molecular flexibility index (Phi) is 5.60. The summed E-state index contributed by atoms with van der Waals surface area (Å²) in [5.41, 5.74) is 9.17. The van der Waals surface area contributed by atoms with Gasteiger partial charge in [-0.05, 0) is 29.8 Å². The lowest BCUT2D eigenvalue weighted by Gasteiger charge is -2.36. The molecule has 2 aromatic carbocycles. The van der Waals surface area contributed by atoms with Gasteiger partial charge in [-0.2, -0.15) is 0 Å². The van der Waals surface area contributed by atoms with Crippen LogP contribution in [0, 0.1) is 0 Å². The predicted octanol–water partition coefficient (Wildman–Crippen LogP) is 3.78. The molecule has 6 nitrogen and oxygen atoms in total. The van der Waals surface area contributed by atoms with Gasteiger partial charge in [0, 0.05) is 43.4 Å². The molecule has 0 spiro atoms. The molecular formula is C21H23ClN6. The molecule has 28 heavy (non-hydrogen) atoms. The Morgan fingerprint density at radius 3 is 2.36 bits per heavy atom. The molecule has 7 heteroatoms. The molecule has 144 valence electrons. The van der Waals surface area contributed by atoms with Crippen LogP contribution in [0.15, 0.2) is 60.9 Å². The highest BCUT2D eigenvalue weighted by atomic mass is 35.5. The number of benzene rings is 2. The Hall–Kier alpha value is -2.83. The molecule has 0 radical (unpaired) electrons. The van der Waals surface area contributed by atoms with E-state index < -0.39 is 0 Å². The van der Waals surface area contributed by atoms with Crippen molar-refractivity contribution in [2.75, 3.05) is 42.1 Å². The Morgan fingerprint density at radius 2 is 1.64 bits per heavy atom. The molecule has 3 aromatic rings. The molecule has 3 N–H and O–H groups in total. The van der Waals surface area contributed by atoms with Crippen molar-refractivity contribution in [3.63, 3.8) is 0 Å². The fraction of sp³-hybridized carbons (Fsp3) is 0.238. The van der Waals surface area contributed by atoms with Crippen molar-refractivity contribution in [1.29, 1.82) is 0 Å². The minimum Gasteiger partial charge on any atom is -0.393 e.